The van der Waals surface area contributed by atoms with Crippen molar-refractivity contribution in [1.29, 1.82) is 0 Å². The van der Waals surface area contributed by atoms with Crippen molar-refractivity contribution in [3.8, 4) is 5.12 Å². The predicted octanol–water partition coefficient (Wildman–Crippen LogP) is -0.310. The first kappa shape index (κ1) is 4.81. The summed E-state index contributed by atoms with van der Waals surface area (Å²) in [7, 11) is 0. The van der Waals surface area contributed by atoms with Crippen molar-refractivity contribution in [1.82, 2.24) is 0 Å². The van der Waals surface area contributed by atoms with Crippen molar-refractivity contribution in [2.24, 2.45) is 0 Å². The van der Waals surface area contributed by atoms with E-state index in [0.717, 1.165) is 0 Å². The Labute approximate surface area is 35.6 Å². The Kier molecular flexibility index (Phi) is 1.99. The quantitative estimate of drug-likeness (QED) is 0.461. The normalized spacial score (nSPS) is 7.80. The summed E-state index contributed by atoms with van der Waals surface area (Å²) >= 11 is -1.14. The molecule has 1 N–H and O–H groups in total. The monoisotopic (exact) mass is 134 g/mol. The first-order valence-electron chi connectivity index (χ1n) is 0.966. The average Bonchev–Trinajstić information content (AvgIpc) is 1.38. The second-order valence-electron chi connectivity index (χ2n) is 0.449. The van der Waals surface area contributed by atoms with Gasteiger partial charge in [0.2, 0.25) is 0 Å². The van der Waals surface area contributed by atoms with Gasteiger partial charge in [0, 0.05) is 0 Å². The van der Waals surface area contributed by atoms with Crippen molar-refractivity contribution in [3.63, 3.8) is 0 Å². The van der Waals surface area contributed by atoms with Crippen LogP contribution in [0, 0.1) is 5.12 Å². The minimum absolute atomic E-state index is 0.843. The van der Waals surface area contributed by atoms with Crippen molar-refractivity contribution >= 4 is 19.9 Å². The molecule has 0 radical (unpaired) electrons. The van der Waals surface area contributed by atoms with Gasteiger partial charge in [0.1, 0.15) is 0 Å². The van der Waals surface area contributed by atoms with E-state index in [-0.39, 0.29) is 0 Å². The van der Waals surface area contributed by atoms with Crippen LogP contribution in [-0.2, 0) is 0 Å². The average molecular weight is 134 g/mol. The number of carbonyl (C=O) groups is 1. The summed E-state index contributed by atoms with van der Waals surface area (Å²) in [5.74, 6) is 0. The molecule has 0 saturated carbocycles. The third-order valence-electron chi connectivity index (χ3n) is 0.123. The fraction of sp³-hybridized carbons (Fsp3) is 0. The first-order valence-corrected chi connectivity index (χ1v) is 3.23. The van der Waals surface area contributed by atoms with Crippen LogP contribution in [0.1, 0.15) is 0 Å². The molecule has 5 heavy (non-hydrogen) atoms. The van der Waals surface area contributed by atoms with Crippen molar-refractivity contribution in [2.45, 2.75) is 0 Å². The van der Waals surface area contributed by atoms with E-state index in [1.54, 1.807) is 0 Å². The summed E-state index contributed by atoms with van der Waals surface area (Å²) in [6, 6.07) is 0. The molecule has 1 atom stereocenters. The molecule has 0 heterocycles. The maximum atomic E-state index is 9.30. The van der Waals surface area contributed by atoms with E-state index in [4.69, 9.17) is 10.2 Å². The molecule has 0 amide bonds. The van der Waals surface area contributed by atoms with Crippen LogP contribution in [0.5, 0.6) is 0 Å². The van der Waals surface area contributed by atoms with Gasteiger partial charge in [0.15, 0.2) is 0 Å². The van der Waals surface area contributed by atoms with E-state index in [1.807, 2.05) is 0 Å². The molecule has 0 fully saturated rings. The minimum atomic E-state index is -1.14. The van der Waals surface area contributed by atoms with Gasteiger partial charge in [-0.1, -0.05) is 0 Å². The molecule has 2 nitrogen and oxygen atoms in total. The van der Waals surface area contributed by atoms with E-state index in [1.165, 1.54) is 0 Å². The van der Waals surface area contributed by atoms with Gasteiger partial charge in [-0.2, -0.15) is 0 Å². The van der Waals surface area contributed by atoms with Crippen molar-refractivity contribution in [2.75, 3.05) is 0 Å². The third kappa shape index (κ3) is 3.81. The number of carboxylic acid groups (broad SMARTS) is 1. The predicted molar refractivity (Wildman–Crippen MR) is 20.1 cm³/mol. The van der Waals surface area contributed by atoms with Gasteiger partial charge < -0.3 is 0 Å². The van der Waals surface area contributed by atoms with Gasteiger partial charge in [0.05, 0.1) is 0 Å². The second kappa shape index (κ2) is 2.07. The fourth-order valence-electron chi connectivity index (χ4n) is 0. The Balaban J connectivity index is 3.35. The van der Waals surface area contributed by atoms with Crippen LogP contribution in [0.2, 0.25) is 0 Å². The van der Waals surface area contributed by atoms with Gasteiger partial charge in [-0.25, -0.2) is 0 Å². The van der Waals surface area contributed by atoms with Gasteiger partial charge >= 0.3 is 34.9 Å². The van der Waals surface area contributed by atoms with Crippen LogP contribution >= 0.6 is 0 Å². The Morgan fingerprint density at radius 3 is 2.20 bits per heavy atom. The Morgan fingerprint density at radius 1 is 2.00 bits per heavy atom. The second-order valence-corrected chi connectivity index (χ2v) is 1.95. The Hall–Kier alpha value is -0.192. The molecule has 1 unspecified atom stereocenters. The van der Waals surface area contributed by atoms with Crippen molar-refractivity contribution in [3.05, 3.63) is 0 Å². The van der Waals surface area contributed by atoms with Crippen LogP contribution in [0.25, 0.3) is 0 Å². The van der Waals surface area contributed by atoms with Crippen LogP contribution < -0.4 is 0 Å². The van der Waals surface area contributed by atoms with Gasteiger partial charge in [-0.05, 0) is 0 Å². The summed E-state index contributed by atoms with van der Waals surface area (Å²) in [5, 5.41) is 12.3. The summed E-state index contributed by atoms with van der Waals surface area (Å²) in [6.45, 7) is 0. The molecule has 0 aromatic rings. The molecule has 0 spiro atoms. The van der Waals surface area contributed by atoms with Gasteiger partial charge in [-0.3, -0.25) is 0 Å². The molecule has 3 heteroatoms. The summed E-state index contributed by atoms with van der Waals surface area (Å²) in [4.78, 5) is 9.30. The number of hydrogen-bond acceptors (Lipinski definition) is 1. The van der Waals surface area contributed by atoms with Crippen LogP contribution in [0.4, 0.5) is 4.79 Å². The van der Waals surface area contributed by atoms with E-state index in [9.17, 15) is 4.79 Å². The van der Waals surface area contributed by atoms with E-state index < -0.39 is 19.9 Å². The molecule has 28 valence electrons. The van der Waals surface area contributed by atoms with Gasteiger partial charge in [-0.15, -0.1) is 0 Å². The SMILES string of the molecule is C#[AsH]C(=O)O. The molecular formula is C2H3AsO2. The Bertz CT molecular complexity index is 80.1. The van der Waals surface area contributed by atoms with Crippen LogP contribution in [-0.4, -0.2) is 25.0 Å². The zero-order valence-corrected chi connectivity index (χ0v) is 4.53. The van der Waals surface area contributed by atoms with E-state index in [2.05, 4.69) is 0 Å². The summed E-state index contributed by atoms with van der Waals surface area (Å²) < 4.78 is -0.843. The molecule has 0 rings (SSSR count). The molecule has 0 aliphatic carbocycles. The molecule has 0 aliphatic rings. The standard InChI is InChI=1S/C2H3AsO2/c1-3-2(4)5/h1,3H,(H,4,5). The maximum absolute atomic E-state index is 9.30. The summed E-state index contributed by atoms with van der Waals surface area (Å²) in [6.07, 6.45) is 0. The fourth-order valence-corrected chi connectivity index (χ4v) is 0. The van der Waals surface area contributed by atoms with Gasteiger partial charge in [0.25, 0.3) is 0 Å². The molecule has 0 saturated heterocycles. The first-order chi connectivity index (χ1) is 2.27. The molecule has 0 aromatic carbocycles. The number of hydrogen-bond donors (Lipinski definition) is 1. The topological polar surface area (TPSA) is 37.3 Å². The van der Waals surface area contributed by atoms with Crippen LogP contribution in [0.3, 0.4) is 0 Å². The van der Waals surface area contributed by atoms with E-state index >= 15 is 0 Å². The summed E-state index contributed by atoms with van der Waals surface area (Å²) in [5.41, 5.74) is 0. The zero-order chi connectivity index (χ0) is 4.28. The number of rotatable bonds is 0. The molecule has 0 aromatic heterocycles. The van der Waals surface area contributed by atoms with E-state index in [0.29, 0.717) is 0 Å². The molecule has 0 bridgehead atoms. The zero-order valence-electron chi connectivity index (χ0n) is 2.43. The van der Waals surface area contributed by atoms with Crippen molar-refractivity contribution < 1.29 is 9.90 Å². The van der Waals surface area contributed by atoms with Crippen LogP contribution in [0.15, 0.2) is 0 Å². The molecular weight excluding hydrogens is 131 g/mol. The molecule has 0 aliphatic heterocycles. The Morgan fingerprint density at radius 2 is 2.20 bits per heavy atom. The third-order valence-corrected chi connectivity index (χ3v) is 0.642.